The van der Waals surface area contributed by atoms with Gasteiger partial charge in [-0.2, -0.15) is 0 Å². The number of piperidine rings is 1. The molecule has 2 aliphatic heterocycles. The summed E-state index contributed by atoms with van der Waals surface area (Å²) >= 11 is 0. The van der Waals surface area contributed by atoms with Crippen LogP contribution in [-0.2, 0) is 0 Å². The third kappa shape index (κ3) is 2.04. The number of nitrogens with one attached hydrogen (secondary N) is 1. The molecule has 0 radical (unpaired) electrons. The summed E-state index contributed by atoms with van der Waals surface area (Å²) in [6.45, 7) is 0. The van der Waals surface area contributed by atoms with E-state index in [2.05, 4.69) is 21.3 Å². The number of rotatable bonds is 3. The second-order valence-corrected chi connectivity index (χ2v) is 6.41. The van der Waals surface area contributed by atoms with Crippen LogP contribution < -0.4 is 10.2 Å². The number of aliphatic hydroxyl groups excluding tert-OH is 1. The monoisotopic (exact) mass is 274 g/mol. The lowest BCUT2D eigenvalue weighted by Crippen LogP contribution is -2.45. The highest BCUT2D eigenvalue weighted by Gasteiger charge is 2.41. The van der Waals surface area contributed by atoms with Crippen molar-refractivity contribution < 1.29 is 5.11 Å². The number of aliphatic hydroxyl groups is 1. The Morgan fingerprint density at radius 1 is 1.15 bits per heavy atom. The molecule has 2 atom stereocenters. The molecule has 2 unspecified atom stereocenters. The normalized spacial score (nSPS) is 32.5. The summed E-state index contributed by atoms with van der Waals surface area (Å²) in [7, 11) is 1.91. The molecule has 0 spiro atoms. The molecule has 0 amide bonds. The van der Waals surface area contributed by atoms with E-state index in [1.165, 1.54) is 25.7 Å². The van der Waals surface area contributed by atoms with E-state index in [0.29, 0.717) is 18.0 Å². The van der Waals surface area contributed by atoms with Crippen molar-refractivity contribution in [2.45, 2.75) is 62.6 Å². The van der Waals surface area contributed by atoms with Crippen LogP contribution in [0.5, 0.6) is 0 Å². The first-order valence-electron chi connectivity index (χ1n) is 7.77. The van der Waals surface area contributed by atoms with Gasteiger partial charge in [0, 0.05) is 31.1 Å². The van der Waals surface area contributed by atoms with Gasteiger partial charge >= 0.3 is 0 Å². The van der Waals surface area contributed by atoms with E-state index < -0.39 is 0 Å². The Morgan fingerprint density at radius 3 is 2.45 bits per heavy atom. The zero-order chi connectivity index (χ0) is 13.7. The Balaban J connectivity index is 1.69. The minimum Gasteiger partial charge on any atom is -0.393 e. The van der Waals surface area contributed by atoms with E-state index in [1.54, 1.807) is 0 Å². The second kappa shape index (κ2) is 4.58. The molecule has 2 saturated heterocycles. The number of fused-ring (bicyclic) bond motifs is 2. The fraction of sp³-hybridized carbons (Fsp3) is 0.733. The van der Waals surface area contributed by atoms with Crippen LogP contribution >= 0.6 is 0 Å². The fourth-order valence-corrected chi connectivity index (χ4v) is 3.76. The molecule has 3 fully saturated rings. The third-order valence-electron chi connectivity index (χ3n) is 4.90. The Labute approximate surface area is 119 Å². The first kappa shape index (κ1) is 12.4. The number of aromatic nitrogens is 2. The van der Waals surface area contributed by atoms with Crippen LogP contribution in [-0.4, -0.2) is 40.3 Å². The SMILES string of the molecule is CNc1cc(N2C3CCC2CC(O)C3)nc(C2CC2)n1. The van der Waals surface area contributed by atoms with E-state index >= 15 is 0 Å². The topological polar surface area (TPSA) is 61.3 Å². The van der Waals surface area contributed by atoms with Gasteiger partial charge in [-0.3, -0.25) is 0 Å². The largest absolute Gasteiger partial charge is 0.393 e. The second-order valence-electron chi connectivity index (χ2n) is 6.41. The number of anilines is 2. The van der Waals surface area contributed by atoms with Crippen molar-refractivity contribution in [3.05, 3.63) is 11.9 Å². The van der Waals surface area contributed by atoms with E-state index in [-0.39, 0.29) is 6.10 Å². The Kier molecular flexibility index (Phi) is 2.84. The summed E-state index contributed by atoms with van der Waals surface area (Å²) in [6, 6.07) is 2.97. The fourth-order valence-electron chi connectivity index (χ4n) is 3.76. The maximum absolute atomic E-state index is 9.94. The molecular formula is C15H22N4O. The lowest BCUT2D eigenvalue weighted by atomic mass is 10.00. The molecule has 3 aliphatic rings. The standard InChI is InChI=1S/C15H22N4O/c1-16-13-8-14(18-15(17-13)9-2-3-9)19-10-4-5-11(19)7-12(20)6-10/h8-12,20H,2-7H2,1H3,(H,16,17,18). The lowest BCUT2D eigenvalue weighted by molar-refractivity contribution is 0.126. The minimum atomic E-state index is -0.128. The van der Waals surface area contributed by atoms with Crippen molar-refractivity contribution in [3.8, 4) is 0 Å². The van der Waals surface area contributed by atoms with Gasteiger partial charge in [0.05, 0.1) is 6.10 Å². The maximum atomic E-state index is 9.94. The van der Waals surface area contributed by atoms with Crippen molar-refractivity contribution in [1.82, 2.24) is 9.97 Å². The quantitative estimate of drug-likeness (QED) is 0.881. The third-order valence-corrected chi connectivity index (χ3v) is 4.90. The molecule has 5 nitrogen and oxygen atoms in total. The smallest absolute Gasteiger partial charge is 0.136 e. The van der Waals surface area contributed by atoms with Crippen LogP contribution in [0.25, 0.3) is 0 Å². The Hall–Kier alpha value is -1.36. The molecule has 3 heterocycles. The van der Waals surface area contributed by atoms with Crippen LogP contribution in [0.3, 0.4) is 0 Å². The highest BCUT2D eigenvalue weighted by atomic mass is 16.3. The highest BCUT2D eigenvalue weighted by Crippen LogP contribution is 2.42. The molecule has 1 aromatic rings. The van der Waals surface area contributed by atoms with Crippen LogP contribution in [0.4, 0.5) is 11.6 Å². The summed E-state index contributed by atoms with van der Waals surface area (Å²) < 4.78 is 0. The summed E-state index contributed by atoms with van der Waals surface area (Å²) in [5.41, 5.74) is 0. The lowest BCUT2D eigenvalue weighted by Gasteiger charge is -2.38. The highest BCUT2D eigenvalue weighted by molar-refractivity contribution is 5.52. The van der Waals surface area contributed by atoms with Crippen LogP contribution in [0.15, 0.2) is 6.07 Å². The zero-order valence-corrected chi connectivity index (χ0v) is 11.9. The molecule has 1 aromatic heterocycles. The van der Waals surface area contributed by atoms with Gasteiger partial charge in [0.2, 0.25) is 0 Å². The molecule has 0 aromatic carbocycles. The number of hydrogen-bond donors (Lipinski definition) is 2. The predicted octanol–water partition coefficient (Wildman–Crippen LogP) is 1.89. The van der Waals surface area contributed by atoms with Gasteiger partial charge in [-0.15, -0.1) is 0 Å². The molecule has 2 bridgehead atoms. The van der Waals surface area contributed by atoms with Crippen LogP contribution in [0.2, 0.25) is 0 Å². The van der Waals surface area contributed by atoms with Crippen LogP contribution in [0.1, 0.15) is 50.3 Å². The van der Waals surface area contributed by atoms with Crippen molar-refractivity contribution >= 4 is 11.6 Å². The average molecular weight is 274 g/mol. The summed E-state index contributed by atoms with van der Waals surface area (Å²) in [6.07, 6.45) is 6.44. The van der Waals surface area contributed by atoms with E-state index in [1.807, 2.05) is 7.05 Å². The molecule has 2 N–H and O–H groups in total. The Morgan fingerprint density at radius 2 is 1.85 bits per heavy atom. The minimum absolute atomic E-state index is 0.128. The maximum Gasteiger partial charge on any atom is 0.136 e. The number of nitrogens with zero attached hydrogens (tertiary/aromatic N) is 3. The molecule has 108 valence electrons. The van der Waals surface area contributed by atoms with Gasteiger partial charge in [0.25, 0.3) is 0 Å². The first-order chi connectivity index (χ1) is 9.74. The van der Waals surface area contributed by atoms with Crippen molar-refractivity contribution in [1.29, 1.82) is 0 Å². The molecule has 5 heteroatoms. The summed E-state index contributed by atoms with van der Waals surface area (Å²) in [5.74, 6) is 3.54. The van der Waals surface area contributed by atoms with Gasteiger partial charge in [0.1, 0.15) is 17.5 Å². The van der Waals surface area contributed by atoms with Crippen molar-refractivity contribution in [3.63, 3.8) is 0 Å². The van der Waals surface area contributed by atoms with Gasteiger partial charge < -0.3 is 15.3 Å². The van der Waals surface area contributed by atoms with E-state index in [9.17, 15) is 5.11 Å². The van der Waals surface area contributed by atoms with Gasteiger partial charge in [-0.25, -0.2) is 9.97 Å². The van der Waals surface area contributed by atoms with Gasteiger partial charge in [-0.1, -0.05) is 0 Å². The van der Waals surface area contributed by atoms with E-state index in [4.69, 9.17) is 4.98 Å². The molecular weight excluding hydrogens is 252 g/mol. The Bertz CT molecular complexity index is 503. The zero-order valence-electron chi connectivity index (χ0n) is 11.9. The van der Waals surface area contributed by atoms with Crippen molar-refractivity contribution in [2.75, 3.05) is 17.3 Å². The first-order valence-corrected chi connectivity index (χ1v) is 7.77. The van der Waals surface area contributed by atoms with Gasteiger partial charge in [-0.05, 0) is 38.5 Å². The van der Waals surface area contributed by atoms with E-state index in [0.717, 1.165) is 30.3 Å². The van der Waals surface area contributed by atoms with Crippen molar-refractivity contribution in [2.24, 2.45) is 0 Å². The average Bonchev–Trinajstić information content (AvgIpc) is 3.25. The number of hydrogen-bond acceptors (Lipinski definition) is 5. The predicted molar refractivity (Wildman–Crippen MR) is 78.1 cm³/mol. The summed E-state index contributed by atoms with van der Waals surface area (Å²) in [5, 5.41) is 13.1. The van der Waals surface area contributed by atoms with Gasteiger partial charge in [0.15, 0.2) is 0 Å². The molecule has 1 saturated carbocycles. The molecule has 4 rings (SSSR count). The molecule has 20 heavy (non-hydrogen) atoms. The summed E-state index contributed by atoms with van der Waals surface area (Å²) in [4.78, 5) is 11.9. The molecule has 1 aliphatic carbocycles. The van der Waals surface area contributed by atoms with Crippen LogP contribution in [0, 0.1) is 0 Å².